The van der Waals surface area contributed by atoms with E-state index >= 15 is 0 Å². The second kappa shape index (κ2) is 6.16. The number of aromatic nitrogens is 6. The van der Waals surface area contributed by atoms with Crippen molar-refractivity contribution in [2.75, 3.05) is 19.0 Å². The smallest absolute Gasteiger partial charge is 0.238 e. The predicted molar refractivity (Wildman–Crippen MR) is 111 cm³/mol. The summed E-state index contributed by atoms with van der Waals surface area (Å²) in [6, 6.07) is 12.1. The Hall–Kier alpha value is -3.74. The van der Waals surface area contributed by atoms with E-state index in [1.165, 1.54) is 0 Å². The molecule has 0 saturated heterocycles. The first-order chi connectivity index (χ1) is 13.6. The molecular weight excluding hydrogens is 350 g/mol. The minimum Gasteiger partial charge on any atom is -0.376 e. The van der Waals surface area contributed by atoms with E-state index in [0.29, 0.717) is 5.95 Å². The second-order valence-electron chi connectivity index (χ2n) is 6.97. The van der Waals surface area contributed by atoms with Crippen molar-refractivity contribution in [1.82, 2.24) is 29.1 Å². The van der Waals surface area contributed by atoms with Crippen molar-refractivity contribution in [1.29, 1.82) is 0 Å². The monoisotopic (exact) mass is 369 g/mol. The minimum atomic E-state index is 0.591. The topological polar surface area (TPSA) is 64.7 Å². The van der Waals surface area contributed by atoms with Gasteiger partial charge in [-0.05, 0) is 24.3 Å². The third-order valence-electron chi connectivity index (χ3n) is 4.90. The third-order valence-corrected chi connectivity index (χ3v) is 4.90. The molecule has 0 atom stereocenters. The number of hydrogen-bond donors (Lipinski definition) is 0. The van der Waals surface area contributed by atoms with Gasteiger partial charge in [0.15, 0.2) is 0 Å². The standard InChI is InChI=1S/C21H19N7/c1-26(2)15-10-14(11-22-12-15)19-16-8-9-27(3)20(16)25-21(24-19)28-13-23-17-6-4-5-7-18(17)28/h4-13H,1-3H3. The maximum atomic E-state index is 4.92. The average molecular weight is 369 g/mol. The number of nitrogens with zero attached hydrogens (tertiary/aromatic N) is 7. The van der Waals surface area contributed by atoms with Crippen molar-refractivity contribution in [2.45, 2.75) is 0 Å². The van der Waals surface area contributed by atoms with Crippen molar-refractivity contribution in [3.63, 3.8) is 0 Å². The van der Waals surface area contributed by atoms with Gasteiger partial charge in [0.25, 0.3) is 0 Å². The molecule has 0 spiro atoms. The lowest BCUT2D eigenvalue weighted by molar-refractivity contribution is 0.912. The normalized spacial score (nSPS) is 11.4. The molecule has 0 aliphatic carbocycles. The molecule has 4 heterocycles. The summed E-state index contributed by atoms with van der Waals surface area (Å²) in [6.45, 7) is 0. The molecule has 0 amide bonds. The number of pyridine rings is 1. The van der Waals surface area contributed by atoms with Gasteiger partial charge >= 0.3 is 0 Å². The Morgan fingerprint density at radius 2 is 1.86 bits per heavy atom. The molecule has 5 rings (SSSR count). The molecule has 7 heteroatoms. The molecule has 0 fully saturated rings. The van der Waals surface area contributed by atoms with Gasteiger partial charge in [0, 0.05) is 44.5 Å². The molecule has 5 aromatic rings. The van der Waals surface area contributed by atoms with Gasteiger partial charge in [-0.1, -0.05) is 12.1 Å². The third kappa shape index (κ3) is 2.51. The highest BCUT2D eigenvalue weighted by atomic mass is 15.2. The van der Waals surface area contributed by atoms with E-state index in [0.717, 1.165) is 39.0 Å². The summed E-state index contributed by atoms with van der Waals surface area (Å²) >= 11 is 0. The molecule has 4 aromatic heterocycles. The van der Waals surface area contributed by atoms with Gasteiger partial charge in [-0.15, -0.1) is 0 Å². The van der Waals surface area contributed by atoms with Gasteiger partial charge in [-0.3, -0.25) is 9.55 Å². The molecule has 7 nitrogen and oxygen atoms in total. The number of hydrogen-bond acceptors (Lipinski definition) is 5. The van der Waals surface area contributed by atoms with Gasteiger partial charge in [-0.2, -0.15) is 4.98 Å². The Kier molecular flexibility index (Phi) is 3.61. The fourth-order valence-electron chi connectivity index (χ4n) is 3.37. The van der Waals surface area contributed by atoms with Gasteiger partial charge in [-0.25, -0.2) is 9.97 Å². The number of benzene rings is 1. The van der Waals surface area contributed by atoms with E-state index in [2.05, 4.69) is 16.0 Å². The predicted octanol–water partition coefficient (Wildman–Crippen LogP) is 3.44. The van der Waals surface area contributed by atoms with Crippen molar-refractivity contribution in [3.8, 4) is 17.2 Å². The Morgan fingerprint density at radius 1 is 1.00 bits per heavy atom. The minimum absolute atomic E-state index is 0.591. The molecule has 0 aliphatic heterocycles. The first kappa shape index (κ1) is 16.4. The summed E-state index contributed by atoms with van der Waals surface area (Å²) in [5.41, 5.74) is 5.59. The first-order valence-electron chi connectivity index (χ1n) is 9.00. The zero-order chi connectivity index (χ0) is 19.3. The number of imidazole rings is 1. The van der Waals surface area contributed by atoms with Crippen LogP contribution in [0.5, 0.6) is 0 Å². The average Bonchev–Trinajstić information content (AvgIpc) is 3.31. The summed E-state index contributed by atoms with van der Waals surface area (Å²) < 4.78 is 3.93. The summed E-state index contributed by atoms with van der Waals surface area (Å²) in [5.74, 6) is 0.591. The first-order valence-corrected chi connectivity index (χ1v) is 9.00. The van der Waals surface area contributed by atoms with Crippen LogP contribution in [0.15, 0.2) is 61.3 Å². The van der Waals surface area contributed by atoms with Crippen LogP contribution in [-0.4, -0.2) is 43.2 Å². The maximum Gasteiger partial charge on any atom is 0.238 e. The number of fused-ring (bicyclic) bond motifs is 2. The largest absolute Gasteiger partial charge is 0.376 e. The summed E-state index contributed by atoms with van der Waals surface area (Å²) in [5, 5.41) is 0.994. The fourth-order valence-corrected chi connectivity index (χ4v) is 3.37. The van der Waals surface area contributed by atoms with Crippen LogP contribution in [0.3, 0.4) is 0 Å². The van der Waals surface area contributed by atoms with E-state index < -0.39 is 0 Å². The van der Waals surface area contributed by atoms with Crippen LogP contribution in [0.1, 0.15) is 0 Å². The van der Waals surface area contributed by atoms with Crippen LogP contribution in [-0.2, 0) is 7.05 Å². The molecule has 0 radical (unpaired) electrons. The highest BCUT2D eigenvalue weighted by molar-refractivity contribution is 5.92. The Morgan fingerprint density at radius 3 is 2.71 bits per heavy atom. The van der Waals surface area contributed by atoms with Crippen LogP contribution in [0, 0.1) is 0 Å². The number of rotatable bonds is 3. The van der Waals surface area contributed by atoms with E-state index in [4.69, 9.17) is 9.97 Å². The number of para-hydroxylation sites is 2. The number of anilines is 1. The quantitative estimate of drug-likeness (QED) is 0.487. The van der Waals surface area contributed by atoms with Gasteiger partial charge in [0.05, 0.1) is 28.6 Å². The molecule has 0 bridgehead atoms. The Bertz CT molecular complexity index is 1310. The summed E-state index contributed by atoms with van der Waals surface area (Å²) in [6.07, 6.45) is 7.46. The van der Waals surface area contributed by atoms with Crippen LogP contribution in [0.2, 0.25) is 0 Å². The highest BCUT2D eigenvalue weighted by Gasteiger charge is 2.16. The number of aryl methyl sites for hydroxylation is 1. The van der Waals surface area contributed by atoms with Gasteiger partial charge in [0.2, 0.25) is 5.95 Å². The van der Waals surface area contributed by atoms with Crippen LogP contribution >= 0.6 is 0 Å². The van der Waals surface area contributed by atoms with Crippen molar-refractivity contribution < 1.29 is 0 Å². The van der Waals surface area contributed by atoms with Gasteiger partial charge in [0.1, 0.15) is 12.0 Å². The lowest BCUT2D eigenvalue weighted by Gasteiger charge is -2.13. The van der Waals surface area contributed by atoms with E-state index in [9.17, 15) is 0 Å². The molecule has 138 valence electrons. The molecule has 0 N–H and O–H groups in total. The van der Waals surface area contributed by atoms with Crippen LogP contribution < -0.4 is 4.90 Å². The van der Waals surface area contributed by atoms with E-state index in [1.54, 1.807) is 6.33 Å². The maximum absolute atomic E-state index is 4.92. The SMILES string of the molecule is CN(C)c1cncc(-c2nc(-n3cnc4ccccc43)nc3c2ccn3C)c1. The zero-order valence-corrected chi connectivity index (χ0v) is 15.9. The lowest BCUT2D eigenvalue weighted by atomic mass is 10.1. The highest BCUT2D eigenvalue weighted by Crippen LogP contribution is 2.29. The van der Waals surface area contributed by atoms with Crippen molar-refractivity contribution >= 4 is 27.8 Å². The Balaban J connectivity index is 1.79. The lowest BCUT2D eigenvalue weighted by Crippen LogP contribution is -2.09. The molecule has 0 unspecified atom stereocenters. The summed E-state index contributed by atoms with van der Waals surface area (Å²) in [4.78, 5) is 20.7. The zero-order valence-electron chi connectivity index (χ0n) is 15.9. The fraction of sp³-hybridized carbons (Fsp3) is 0.143. The molecule has 0 aliphatic rings. The molecule has 0 saturated carbocycles. The second-order valence-corrected chi connectivity index (χ2v) is 6.97. The van der Waals surface area contributed by atoms with Crippen LogP contribution in [0.25, 0.3) is 39.3 Å². The van der Waals surface area contributed by atoms with E-state index in [1.807, 2.05) is 84.1 Å². The van der Waals surface area contributed by atoms with Crippen molar-refractivity contribution in [2.24, 2.45) is 7.05 Å². The Labute approximate surface area is 161 Å². The van der Waals surface area contributed by atoms with Crippen molar-refractivity contribution in [3.05, 3.63) is 61.3 Å². The summed E-state index contributed by atoms with van der Waals surface area (Å²) in [7, 11) is 5.99. The molecular formula is C21H19N7. The molecule has 1 aromatic carbocycles. The van der Waals surface area contributed by atoms with Crippen LogP contribution in [0.4, 0.5) is 5.69 Å². The molecule has 28 heavy (non-hydrogen) atoms. The van der Waals surface area contributed by atoms with Gasteiger partial charge < -0.3 is 9.47 Å². The van der Waals surface area contributed by atoms with E-state index in [-0.39, 0.29) is 0 Å².